The van der Waals surface area contributed by atoms with Crippen molar-refractivity contribution in [1.29, 1.82) is 0 Å². The van der Waals surface area contributed by atoms with E-state index < -0.39 is 44.9 Å². The number of aliphatic hydroxyl groups is 4. The molecule has 2 aromatic rings. The summed E-state index contributed by atoms with van der Waals surface area (Å²) in [5, 5.41) is 39.8. The van der Waals surface area contributed by atoms with Crippen LogP contribution in [0, 0.1) is 0 Å². The van der Waals surface area contributed by atoms with Crippen molar-refractivity contribution in [2.75, 3.05) is 26.0 Å². The van der Waals surface area contributed by atoms with Gasteiger partial charge in [-0.15, -0.1) is 0 Å². The molecule has 10 heteroatoms. The van der Waals surface area contributed by atoms with Crippen molar-refractivity contribution in [2.45, 2.75) is 57.4 Å². The molecule has 1 aliphatic rings. The summed E-state index contributed by atoms with van der Waals surface area (Å²) in [4.78, 5) is 0. The second kappa shape index (κ2) is 12.9. The van der Waals surface area contributed by atoms with E-state index in [4.69, 9.17) is 18.5 Å². The summed E-state index contributed by atoms with van der Waals surface area (Å²) in [6.45, 7) is 3.71. The topological polar surface area (TPSA) is 135 Å². The van der Waals surface area contributed by atoms with Crippen LogP contribution in [0.25, 0.3) is 11.1 Å². The molecule has 194 valence electrons. The zero-order valence-corrected chi connectivity index (χ0v) is 20.9. The first-order valence-corrected chi connectivity index (χ1v) is 13.6. The molecule has 1 aliphatic heterocycles. The van der Waals surface area contributed by atoms with E-state index in [0.717, 1.165) is 16.7 Å². The van der Waals surface area contributed by atoms with Gasteiger partial charge in [0.05, 0.1) is 26.0 Å². The fourth-order valence-electron chi connectivity index (χ4n) is 4.03. The molecule has 3 rings (SSSR count). The number of hydrogen-bond acceptors (Lipinski definition) is 9. The lowest BCUT2D eigenvalue weighted by Crippen LogP contribution is -2.60. The van der Waals surface area contributed by atoms with E-state index in [9.17, 15) is 25.0 Å². The van der Waals surface area contributed by atoms with Crippen molar-refractivity contribution < 1.29 is 43.5 Å². The molecule has 0 amide bonds. The number of aliphatic hydroxyl groups excluding tert-OH is 4. The van der Waals surface area contributed by atoms with E-state index in [1.165, 1.54) is 0 Å². The molecule has 0 saturated carbocycles. The van der Waals surface area contributed by atoms with E-state index in [-0.39, 0.29) is 0 Å². The number of aryl methyl sites for hydroxylation is 1. The molecule has 5 atom stereocenters. The molecule has 35 heavy (non-hydrogen) atoms. The maximum Gasteiger partial charge on any atom is 0.330 e. The lowest BCUT2D eigenvalue weighted by molar-refractivity contribution is -0.277. The van der Waals surface area contributed by atoms with Crippen LogP contribution >= 0.6 is 7.60 Å². The Morgan fingerprint density at radius 3 is 2.34 bits per heavy atom. The van der Waals surface area contributed by atoms with Crippen molar-refractivity contribution in [2.24, 2.45) is 0 Å². The van der Waals surface area contributed by atoms with E-state index in [2.05, 4.69) is 0 Å². The zero-order chi connectivity index (χ0) is 25.4. The first-order valence-electron chi connectivity index (χ1n) is 11.9. The monoisotopic (exact) mass is 510 g/mol. The Hall–Kier alpha value is -1.81. The predicted octanol–water partition coefficient (Wildman–Crippen LogP) is 2.73. The molecule has 0 aromatic heterocycles. The van der Waals surface area contributed by atoms with Crippen LogP contribution in [-0.4, -0.2) is 77.1 Å². The largest absolute Gasteiger partial charge is 0.461 e. The summed E-state index contributed by atoms with van der Waals surface area (Å²) >= 11 is 0. The van der Waals surface area contributed by atoms with Gasteiger partial charge in [0.15, 0.2) is 0 Å². The Kier molecular flexibility index (Phi) is 10.3. The van der Waals surface area contributed by atoms with Crippen LogP contribution in [0.5, 0.6) is 5.75 Å². The van der Waals surface area contributed by atoms with Gasteiger partial charge in [0.25, 0.3) is 0 Å². The van der Waals surface area contributed by atoms with Gasteiger partial charge in [-0.05, 0) is 43.9 Å². The minimum Gasteiger partial charge on any atom is -0.461 e. The minimum atomic E-state index is -3.09. The molecular formula is C25H35O9P. The van der Waals surface area contributed by atoms with Gasteiger partial charge < -0.3 is 38.9 Å². The second-order valence-electron chi connectivity index (χ2n) is 8.29. The lowest BCUT2D eigenvalue weighted by atomic mass is 9.98. The Balaban J connectivity index is 1.74. The summed E-state index contributed by atoms with van der Waals surface area (Å²) < 4.78 is 34.8. The molecule has 2 aromatic carbocycles. The highest BCUT2D eigenvalue weighted by Crippen LogP contribution is 2.48. The molecule has 9 nitrogen and oxygen atoms in total. The first kappa shape index (κ1) is 27.8. The third kappa shape index (κ3) is 7.12. The standard InChI is InChI=1S/C25H35O9P/c1-3-31-35(30,32-4-2)14-8-10-17-9-7-11-18(15-17)19-12-5-6-13-20(19)33-25-24(29)23(28)22(27)21(16-26)34-25/h5-7,9,11-13,15,21-29H,3-4,8,10,14,16H2,1-2H3/t21-,22-,23+,24+,25+/m1/s1. The maximum atomic E-state index is 12.7. The van der Waals surface area contributed by atoms with Gasteiger partial charge in [-0.1, -0.05) is 42.5 Å². The van der Waals surface area contributed by atoms with Crippen LogP contribution in [0.3, 0.4) is 0 Å². The van der Waals surface area contributed by atoms with Gasteiger partial charge >= 0.3 is 7.60 Å². The van der Waals surface area contributed by atoms with Gasteiger partial charge in [-0.3, -0.25) is 4.57 Å². The molecule has 0 spiro atoms. The average Bonchev–Trinajstić information content (AvgIpc) is 2.85. The quantitative estimate of drug-likeness (QED) is 0.318. The third-order valence-corrected chi connectivity index (χ3v) is 7.93. The number of para-hydroxylation sites is 1. The van der Waals surface area contributed by atoms with Crippen LogP contribution in [-0.2, 0) is 24.8 Å². The normalized spacial score (nSPS) is 24.9. The molecule has 1 saturated heterocycles. The van der Waals surface area contributed by atoms with Gasteiger partial charge in [0.1, 0.15) is 30.2 Å². The Morgan fingerprint density at radius 2 is 1.66 bits per heavy atom. The smallest absolute Gasteiger partial charge is 0.330 e. The Labute approximate surface area is 205 Å². The van der Waals surface area contributed by atoms with Crippen molar-refractivity contribution >= 4 is 7.60 Å². The fourth-order valence-corrected chi connectivity index (χ4v) is 5.69. The highest BCUT2D eigenvalue weighted by Gasteiger charge is 2.44. The molecule has 0 bridgehead atoms. The van der Waals surface area contributed by atoms with Crippen LogP contribution in [0.1, 0.15) is 25.8 Å². The molecular weight excluding hydrogens is 475 g/mol. The lowest BCUT2D eigenvalue weighted by Gasteiger charge is -2.39. The molecule has 1 heterocycles. The summed E-state index contributed by atoms with van der Waals surface area (Å²) in [5.74, 6) is 0.408. The average molecular weight is 511 g/mol. The van der Waals surface area contributed by atoms with Gasteiger partial charge in [0.2, 0.25) is 6.29 Å². The van der Waals surface area contributed by atoms with E-state index in [0.29, 0.717) is 38.0 Å². The number of hydrogen-bond donors (Lipinski definition) is 4. The van der Waals surface area contributed by atoms with E-state index in [1.54, 1.807) is 26.0 Å². The Morgan fingerprint density at radius 1 is 0.943 bits per heavy atom. The van der Waals surface area contributed by atoms with Gasteiger partial charge in [-0.25, -0.2) is 0 Å². The summed E-state index contributed by atoms with van der Waals surface area (Å²) in [5.41, 5.74) is 2.63. The summed E-state index contributed by atoms with van der Waals surface area (Å²) in [6.07, 6.45) is -5.18. The van der Waals surface area contributed by atoms with Gasteiger partial charge in [0, 0.05) is 5.56 Å². The molecule has 0 radical (unpaired) electrons. The van der Waals surface area contributed by atoms with E-state index in [1.807, 2.05) is 36.4 Å². The van der Waals surface area contributed by atoms with Crippen LogP contribution in [0.15, 0.2) is 48.5 Å². The SMILES string of the molecule is CCOP(=O)(CCCc1cccc(-c2ccccc2O[C@H]2O[C@H](CO)[C@@H](O)[C@H](O)[C@@H]2O)c1)OCC. The van der Waals surface area contributed by atoms with Crippen LogP contribution < -0.4 is 4.74 Å². The summed E-state index contributed by atoms with van der Waals surface area (Å²) in [7, 11) is -3.09. The van der Waals surface area contributed by atoms with Crippen LogP contribution in [0.4, 0.5) is 0 Å². The number of benzene rings is 2. The van der Waals surface area contributed by atoms with Crippen molar-refractivity contribution in [3.63, 3.8) is 0 Å². The highest BCUT2D eigenvalue weighted by molar-refractivity contribution is 7.53. The highest BCUT2D eigenvalue weighted by atomic mass is 31.2. The molecule has 0 unspecified atom stereocenters. The zero-order valence-electron chi connectivity index (χ0n) is 20.0. The molecule has 1 fully saturated rings. The number of ether oxygens (including phenoxy) is 2. The summed E-state index contributed by atoms with van der Waals surface area (Å²) in [6, 6.07) is 15.0. The molecule has 4 N–H and O–H groups in total. The van der Waals surface area contributed by atoms with Crippen molar-refractivity contribution in [3.8, 4) is 16.9 Å². The van der Waals surface area contributed by atoms with Gasteiger partial charge in [-0.2, -0.15) is 0 Å². The minimum absolute atomic E-state index is 0.329. The first-order chi connectivity index (χ1) is 16.8. The second-order valence-corrected chi connectivity index (χ2v) is 10.5. The maximum absolute atomic E-state index is 12.7. The predicted molar refractivity (Wildman–Crippen MR) is 130 cm³/mol. The van der Waals surface area contributed by atoms with E-state index >= 15 is 0 Å². The van der Waals surface area contributed by atoms with Crippen LogP contribution in [0.2, 0.25) is 0 Å². The molecule has 0 aliphatic carbocycles. The third-order valence-electron chi connectivity index (χ3n) is 5.77. The number of rotatable bonds is 12. The fraction of sp³-hybridized carbons (Fsp3) is 0.520. The van der Waals surface area contributed by atoms with Crippen molar-refractivity contribution in [3.05, 3.63) is 54.1 Å². The van der Waals surface area contributed by atoms with Crippen molar-refractivity contribution in [1.82, 2.24) is 0 Å². The Bertz CT molecular complexity index is 973.